The van der Waals surface area contributed by atoms with E-state index in [0.29, 0.717) is 5.58 Å². The first-order valence-electron chi connectivity index (χ1n) is 7.99. The first kappa shape index (κ1) is 15.3. The molecule has 0 bridgehead atoms. The Morgan fingerprint density at radius 3 is 2.68 bits per heavy atom. The number of aliphatic hydroxyl groups is 1. The zero-order valence-corrected chi connectivity index (χ0v) is 13.5. The van der Waals surface area contributed by atoms with Gasteiger partial charge in [-0.05, 0) is 56.5 Å². The van der Waals surface area contributed by atoms with Gasteiger partial charge in [0.25, 0.3) is 0 Å². The fourth-order valence-electron chi connectivity index (χ4n) is 3.25. The molecular weight excluding hydrogens is 280 g/mol. The number of rotatable bonds is 3. The number of aliphatic hydroxyl groups excluding tert-OH is 1. The van der Waals surface area contributed by atoms with Crippen LogP contribution in [0.1, 0.15) is 38.4 Å². The lowest BCUT2D eigenvalue weighted by Gasteiger charge is -2.37. The minimum absolute atomic E-state index is 0.0559. The molecule has 0 saturated carbocycles. The number of hydrogen-bond acceptors (Lipinski definition) is 4. The van der Waals surface area contributed by atoms with Crippen LogP contribution in [0.15, 0.2) is 27.4 Å². The van der Waals surface area contributed by atoms with Crippen molar-refractivity contribution >= 4 is 11.1 Å². The largest absolute Gasteiger partial charge is 0.419 e. The molecule has 0 radical (unpaired) electrons. The molecule has 1 aromatic carbocycles. The predicted molar refractivity (Wildman–Crippen MR) is 85.8 cm³/mol. The Hall–Kier alpha value is -1.59. The van der Waals surface area contributed by atoms with Gasteiger partial charge in [0, 0.05) is 13.1 Å². The molecule has 2 heterocycles. The van der Waals surface area contributed by atoms with E-state index in [1.165, 1.54) is 17.4 Å². The molecule has 120 valence electrons. The van der Waals surface area contributed by atoms with Gasteiger partial charge in [-0.15, -0.1) is 0 Å². The van der Waals surface area contributed by atoms with Crippen molar-refractivity contribution in [2.75, 3.05) is 13.1 Å². The second kappa shape index (κ2) is 5.89. The Morgan fingerprint density at radius 1 is 1.32 bits per heavy atom. The number of likely N-dealkylation sites (tertiary alicyclic amines) is 1. The quantitative estimate of drug-likeness (QED) is 0.945. The lowest BCUT2D eigenvalue weighted by Crippen LogP contribution is -2.42. The highest BCUT2D eigenvalue weighted by molar-refractivity contribution is 5.73. The van der Waals surface area contributed by atoms with E-state index in [-0.39, 0.29) is 11.8 Å². The predicted octanol–water partition coefficient (Wildman–Crippen LogP) is 2.29. The van der Waals surface area contributed by atoms with E-state index in [4.69, 9.17) is 4.42 Å². The fourth-order valence-corrected chi connectivity index (χ4v) is 3.25. The van der Waals surface area contributed by atoms with Gasteiger partial charge in [0.2, 0.25) is 0 Å². The molecule has 2 unspecified atom stereocenters. The molecule has 1 saturated heterocycles. The number of aromatic nitrogens is 1. The zero-order chi connectivity index (χ0) is 15.9. The maximum Gasteiger partial charge on any atom is 0.419 e. The molecule has 1 N–H and O–H groups in total. The third-order valence-corrected chi connectivity index (χ3v) is 5.01. The molecule has 2 aromatic rings. The number of nitrogens with zero attached hydrogens (tertiary/aromatic N) is 2. The van der Waals surface area contributed by atoms with E-state index in [0.717, 1.165) is 30.1 Å². The number of fused-ring (bicyclic) bond motifs is 1. The van der Waals surface area contributed by atoms with E-state index in [1.54, 1.807) is 13.1 Å². The van der Waals surface area contributed by atoms with Crippen molar-refractivity contribution < 1.29 is 9.52 Å². The van der Waals surface area contributed by atoms with Gasteiger partial charge in [0.05, 0.1) is 11.6 Å². The van der Waals surface area contributed by atoms with Crippen molar-refractivity contribution in [2.24, 2.45) is 13.0 Å². The van der Waals surface area contributed by atoms with Crippen LogP contribution in [0, 0.1) is 5.92 Å². The minimum atomic E-state index is -0.580. The number of hydrogen-bond donors (Lipinski definition) is 1. The third kappa shape index (κ3) is 2.71. The van der Waals surface area contributed by atoms with Crippen molar-refractivity contribution in [1.82, 2.24) is 9.47 Å². The summed E-state index contributed by atoms with van der Waals surface area (Å²) in [5.41, 5.74) is 2.08. The first-order chi connectivity index (χ1) is 10.5. The van der Waals surface area contributed by atoms with Gasteiger partial charge in [-0.25, -0.2) is 4.79 Å². The number of piperidine rings is 1. The summed E-state index contributed by atoms with van der Waals surface area (Å²) in [7, 11) is 1.68. The lowest BCUT2D eigenvalue weighted by molar-refractivity contribution is 0.0391. The molecule has 0 aliphatic carbocycles. The summed E-state index contributed by atoms with van der Waals surface area (Å²) in [6.07, 6.45) is 1.79. The summed E-state index contributed by atoms with van der Waals surface area (Å²) >= 11 is 0. The Labute approximate surface area is 130 Å². The smallest absolute Gasteiger partial charge is 0.408 e. The topological polar surface area (TPSA) is 58.6 Å². The molecule has 1 aliphatic rings. The lowest BCUT2D eigenvalue weighted by atomic mass is 9.95. The van der Waals surface area contributed by atoms with Crippen LogP contribution in [0.3, 0.4) is 0 Å². The van der Waals surface area contributed by atoms with Crippen LogP contribution in [0.4, 0.5) is 0 Å². The Kier molecular flexibility index (Phi) is 4.10. The van der Waals surface area contributed by atoms with E-state index in [2.05, 4.69) is 18.7 Å². The van der Waals surface area contributed by atoms with Gasteiger partial charge < -0.3 is 9.52 Å². The van der Waals surface area contributed by atoms with E-state index in [1.807, 2.05) is 12.1 Å². The average molecular weight is 304 g/mol. The summed E-state index contributed by atoms with van der Waals surface area (Å²) < 4.78 is 6.68. The summed E-state index contributed by atoms with van der Waals surface area (Å²) in [5.74, 6) is 0.398. The van der Waals surface area contributed by atoms with Crippen LogP contribution in [0.2, 0.25) is 0 Å². The molecule has 5 heteroatoms. The molecule has 1 aromatic heterocycles. The van der Waals surface area contributed by atoms with Gasteiger partial charge in [-0.3, -0.25) is 9.47 Å². The molecular formula is C17H24N2O3. The third-order valence-electron chi connectivity index (χ3n) is 5.01. The Balaban J connectivity index is 1.82. The van der Waals surface area contributed by atoms with Gasteiger partial charge in [-0.2, -0.15) is 0 Å². The standard InChI is InChI=1S/C17H24N2O3/c1-11-6-8-19(9-7-11)12(2)16(20)13-4-5-14-15(10-13)22-17(21)18(14)3/h4-5,10-12,16,20H,6-9H2,1-3H3. The van der Waals surface area contributed by atoms with E-state index in [9.17, 15) is 9.90 Å². The molecule has 0 spiro atoms. The highest BCUT2D eigenvalue weighted by Crippen LogP contribution is 2.27. The van der Waals surface area contributed by atoms with E-state index < -0.39 is 6.10 Å². The monoisotopic (exact) mass is 304 g/mol. The van der Waals surface area contributed by atoms with Crippen LogP contribution in [-0.4, -0.2) is 33.7 Å². The summed E-state index contributed by atoms with van der Waals surface area (Å²) in [6.45, 7) is 6.40. The first-order valence-corrected chi connectivity index (χ1v) is 7.99. The second-order valence-electron chi connectivity index (χ2n) is 6.56. The highest BCUT2D eigenvalue weighted by atomic mass is 16.4. The normalized spacial score (nSPS) is 20.4. The Morgan fingerprint density at radius 2 is 2.00 bits per heavy atom. The van der Waals surface area contributed by atoms with Crippen molar-refractivity contribution in [2.45, 2.75) is 38.8 Å². The molecule has 5 nitrogen and oxygen atoms in total. The summed E-state index contributed by atoms with van der Waals surface area (Å²) in [6, 6.07) is 5.56. The number of aryl methyl sites for hydroxylation is 1. The van der Waals surface area contributed by atoms with Crippen molar-refractivity contribution in [1.29, 1.82) is 0 Å². The maximum absolute atomic E-state index is 11.6. The average Bonchev–Trinajstić information content (AvgIpc) is 2.81. The second-order valence-corrected chi connectivity index (χ2v) is 6.56. The Bertz CT molecular complexity index is 710. The van der Waals surface area contributed by atoms with Gasteiger partial charge >= 0.3 is 5.76 Å². The number of oxazole rings is 1. The molecule has 0 amide bonds. The summed E-state index contributed by atoms with van der Waals surface area (Å²) in [5, 5.41) is 10.7. The molecule has 1 aliphatic heterocycles. The van der Waals surface area contributed by atoms with Crippen LogP contribution in [0.25, 0.3) is 11.1 Å². The van der Waals surface area contributed by atoms with Crippen LogP contribution >= 0.6 is 0 Å². The molecule has 2 atom stereocenters. The maximum atomic E-state index is 11.6. The van der Waals surface area contributed by atoms with Crippen LogP contribution in [0.5, 0.6) is 0 Å². The van der Waals surface area contributed by atoms with Crippen LogP contribution < -0.4 is 5.76 Å². The fraction of sp³-hybridized carbons (Fsp3) is 0.588. The minimum Gasteiger partial charge on any atom is -0.408 e. The van der Waals surface area contributed by atoms with Crippen molar-refractivity contribution in [3.8, 4) is 0 Å². The van der Waals surface area contributed by atoms with Gasteiger partial charge in [0.15, 0.2) is 5.58 Å². The summed E-state index contributed by atoms with van der Waals surface area (Å²) in [4.78, 5) is 13.9. The van der Waals surface area contributed by atoms with Gasteiger partial charge in [0.1, 0.15) is 0 Å². The molecule has 3 rings (SSSR count). The highest BCUT2D eigenvalue weighted by Gasteiger charge is 2.26. The SMILES string of the molecule is CC1CCN(C(C)C(O)c2ccc3c(c2)oc(=O)n3C)CC1. The molecule has 1 fully saturated rings. The molecule has 22 heavy (non-hydrogen) atoms. The van der Waals surface area contributed by atoms with Crippen LogP contribution in [-0.2, 0) is 7.05 Å². The zero-order valence-electron chi connectivity index (χ0n) is 13.5. The van der Waals surface area contributed by atoms with Crippen molar-refractivity contribution in [3.05, 3.63) is 34.3 Å². The van der Waals surface area contributed by atoms with Crippen molar-refractivity contribution in [3.63, 3.8) is 0 Å². The van der Waals surface area contributed by atoms with E-state index >= 15 is 0 Å². The van der Waals surface area contributed by atoms with Gasteiger partial charge in [-0.1, -0.05) is 13.0 Å². The number of benzene rings is 1.